The fourth-order valence-corrected chi connectivity index (χ4v) is 0.949. The number of amides is 1. The summed E-state index contributed by atoms with van der Waals surface area (Å²) in [5.74, 6) is -1.62. The number of rotatable bonds is 2. The van der Waals surface area contributed by atoms with Crippen LogP contribution < -0.4 is 5.32 Å². The number of hydrogen-bond acceptors (Lipinski definition) is 4. The Morgan fingerprint density at radius 3 is 1.78 bits per heavy atom. The average Bonchev–Trinajstić information content (AvgIpc) is 2.11. The third-order valence-corrected chi connectivity index (χ3v) is 1.91. The molecule has 1 N–H and O–H groups in total. The van der Waals surface area contributed by atoms with Gasteiger partial charge in [-0.2, -0.15) is 13.2 Å². The number of esters is 1. The Balaban J connectivity index is 5.06. The maximum atomic E-state index is 12.8. The molecule has 0 heterocycles. The zero-order valence-electron chi connectivity index (χ0n) is 10.8. The summed E-state index contributed by atoms with van der Waals surface area (Å²) >= 11 is 0. The number of alkyl halides is 3. The topological polar surface area (TPSA) is 64.6 Å². The Kier molecular flexibility index (Phi) is 4.62. The lowest BCUT2D eigenvalue weighted by molar-refractivity contribution is -0.206. The standard InChI is InChI=1S/C10H16F3NO4/c1-8(2,3)18-7(16)14-9(4,6(15)17-5)10(11,12)13/h1-5H3,(H,14,16). The van der Waals surface area contributed by atoms with E-state index in [1.54, 1.807) is 0 Å². The second-order valence-electron chi connectivity index (χ2n) is 4.74. The van der Waals surface area contributed by atoms with Crippen molar-refractivity contribution < 1.29 is 32.2 Å². The summed E-state index contributed by atoms with van der Waals surface area (Å²) in [6, 6.07) is 0. The van der Waals surface area contributed by atoms with Gasteiger partial charge in [-0.1, -0.05) is 0 Å². The first kappa shape index (κ1) is 16.5. The molecule has 0 bridgehead atoms. The number of methoxy groups -OCH3 is 1. The van der Waals surface area contributed by atoms with Gasteiger partial charge in [-0.25, -0.2) is 9.59 Å². The van der Waals surface area contributed by atoms with Gasteiger partial charge in [-0.3, -0.25) is 5.32 Å². The monoisotopic (exact) mass is 271 g/mol. The number of carbonyl (C=O) groups is 2. The summed E-state index contributed by atoms with van der Waals surface area (Å²) in [5.41, 5.74) is -4.13. The van der Waals surface area contributed by atoms with E-state index in [4.69, 9.17) is 0 Å². The molecule has 5 nitrogen and oxygen atoms in total. The lowest BCUT2D eigenvalue weighted by atomic mass is 10.0. The zero-order chi connectivity index (χ0) is 14.8. The molecule has 0 saturated carbocycles. The largest absolute Gasteiger partial charge is 0.467 e. The molecule has 0 spiro atoms. The molecule has 0 radical (unpaired) electrons. The molecule has 0 rings (SSSR count). The van der Waals surface area contributed by atoms with Crippen LogP contribution in [0.4, 0.5) is 18.0 Å². The minimum atomic E-state index is -5.00. The van der Waals surface area contributed by atoms with Crippen LogP contribution >= 0.6 is 0 Å². The van der Waals surface area contributed by atoms with E-state index in [-0.39, 0.29) is 0 Å². The van der Waals surface area contributed by atoms with E-state index in [0.717, 1.165) is 7.11 Å². The Bertz CT molecular complexity index is 335. The van der Waals surface area contributed by atoms with Crippen molar-refractivity contribution >= 4 is 12.1 Å². The number of alkyl carbamates (subject to hydrolysis) is 1. The van der Waals surface area contributed by atoms with Crippen molar-refractivity contribution in [1.82, 2.24) is 5.32 Å². The maximum Gasteiger partial charge on any atom is 0.422 e. The van der Waals surface area contributed by atoms with E-state index in [0.29, 0.717) is 6.92 Å². The summed E-state index contributed by atoms with van der Waals surface area (Å²) < 4.78 is 47.0. The summed E-state index contributed by atoms with van der Waals surface area (Å²) in [6.45, 7) is 4.95. The quantitative estimate of drug-likeness (QED) is 0.780. The summed E-state index contributed by atoms with van der Waals surface area (Å²) in [6.07, 6.45) is -6.36. The molecule has 0 aromatic heterocycles. The predicted molar refractivity (Wildman–Crippen MR) is 55.8 cm³/mol. The maximum absolute atomic E-state index is 12.8. The van der Waals surface area contributed by atoms with E-state index >= 15 is 0 Å². The molecular weight excluding hydrogens is 255 g/mol. The van der Waals surface area contributed by atoms with Crippen LogP contribution in [0.2, 0.25) is 0 Å². The second-order valence-corrected chi connectivity index (χ2v) is 4.74. The molecule has 0 aromatic carbocycles. The molecule has 0 aliphatic carbocycles. The van der Waals surface area contributed by atoms with Gasteiger partial charge in [0.05, 0.1) is 7.11 Å². The predicted octanol–water partition coefficient (Wildman–Crippen LogP) is 2.01. The highest BCUT2D eigenvalue weighted by Gasteiger charge is 2.59. The van der Waals surface area contributed by atoms with Crippen molar-refractivity contribution in [2.75, 3.05) is 7.11 Å². The minimum absolute atomic E-state index is 0.503. The number of ether oxygens (including phenoxy) is 2. The van der Waals surface area contributed by atoms with Crippen LogP contribution in [0.3, 0.4) is 0 Å². The molecule has 0 aliphatic heterocycles. The van der Waals surface area contributed by atoms with Crippen LogP contribution in [-0.4, -0.2) is 36.5 Å². The molecule has 106 valence electrons. The Morgan fingerprint density at radius 1 is 1.06 bits per heavy atom. The van der Waals surface area contributed by atoms with E-state index in [1.165, 1.54) is 26.1 Å². The van der Waals surface area contributed by atoms with Crippen LogP contribution in [0.5, 0.6) is 0 Å². The molecule has 0 saturated heterocycles. The van der Waals surface area contributed by atoms with Gasteiger partial charge in [-0.15, -0.1) is 0 Å². The highest BCUT2D eigenvalue weighted by molar-refractivity contribution is 5.86. The molecule has 0 aliphatic rings. The smallest absolute Gasteiger partial charge is 0.422 e. The highest BCUT2D eigenvalue weighted by atomic mass is 19.4. The van der Waals surface area contributed by atoms with Crippen molar-refractivity contribution in [3.05, 3.63) is 0 Å². The molecule has 18 heavy (non-hydrogen) atoms. The van der Waals surface area contributed by atoms with E-state index in [2.05, 4.69) is 9.47 Å². The van der Waals surface area contributed by atoms with Crippen molar-refractivity contribution in [3.63, 3.8) is 0 Å². The number of halogens is 3. The Labute approximate surface area is 103 Å². The van der Waals surface area contributed by atoms with Crippen LogP contribution in [-0.2, 0) is 14.3 Å². The number of carbonyl (C=O) groups excluding carboxylic acids is 2. The van der Waals surface area contributed by atoms with Gasteiger partial charge in [0, 0.05) is 0 Å². The molecule has 0 aromatic rings. The average molecular weight is 271 g/mol. The van der Waals surface area contributed by atoms with Gasteiger partial charge < -0.3 is 9.47 Å². The van der Waals surface area contributed by atoms with Gasteiger partial charge in [-0.05, 0) is 27.7 Å². The molecule has 8 heteroatoms. The van der Waals surface area contributed by atoms with Gasteiger partial charge >= 0.3 is 18.2 Å². The van der Waals surface area contributed by atoms with Gasteiger partial charge in [0.25, 0.3) is 0 Å². The summed E-state index contributed by atoms with van der Waals surface area (Å²) in [4.78, 5) is 22.5. The Morgan fingerprint density at radius 2 is 1.50 bits per heavy atom. The van der Waals surface area contributed by atoms with E-state index < -0.39 is 29.4 Å². The first-order valence-corrected chi connectivity index (χ1v) is 5.00. The third kappa shape index (κ3) is 4.08. The summed E-state index contributed by atoms with van der Waals surface area (Å²) in [5, 5.41) is 1.48. The zero-order valence-corrected chi connectivity index (χ0v) is 10.8. The number of nitrogens with one attached hydrogen (secondary N) is 1. The van der Waals surface area contributed by atoms with Crippen LogP contribution in [0, 0.1) is 0 Å². The first-order valence-electron chi connectivity index (χ1n) is 5.00. The van der Waals surface area contributed by atoms with Gasteiger partial charge in [0.1, 0.15) is 5.60 Å². The second kappa shape index (κ2) is 5.03. The SMILES string of the molecule is COC(=O)C(C)(NC(=O)OC(C)(C)C)C(F)(F)F. The summed E-state index contributed by atoms with van der Waals surface area (Å²) in [7, 11) is 0.795. The molecule has 1 atom stereocenters. The van der Waals surface area contributed by atoms with E-state index in [9.17, 15) is 22.8 Å². The lowest BCUT2D eigenvalue weighted by Gasteiger charge is -2.31. The van der Waals surface area contributed by atoms with Crippen molar-refractivity contribution in [2.45, 2.75) is 45.0 Å². The highest BCUT2D eigenvalue weighted by Crippen LogP contribution is 2.31. The normalized spacial score (nSPS) is 15.6. The van der Waals surface area contributed by atoms with Gasteiger partial charge in [0.2, 0.25) is 5.54 Å². The fourth-order valence-electron chi connectivity index (χ4n) is 0.949. The molecule has 1 amide bonds. The van der Waals surface area contributed by atoms with Crippen molar-refractivity contribution in [3.8, 4) is 0 Å². The van der Waals surface area contributed by atoms with E-state index in [1.807, 2.05) is 0 Å². The minimum Gasteiger partial charge on any atom is -0.467 e. The molecule has 1 unspecified atom stereocenters. The molecular formula is C10H16F3NO4. The van der Waals surface area contributed by atoms with Crippen molar-refractivity contribution in [1.29, 1.82) is 0 Å². The molecule has 0 fully saturated rings. The van der Waals surface area contributed by atoms with Gasteiger partial charge in [0.15, 0.2) is 0 Å². The fraction of sp³-hybridized carbons (Fsp3) is 0.800. The first-order chi connectivity index (χ1) is 7.83. The third-order valence-electron chi connectivity index (χ3n) is 1.91. The Hall–Kier alpha value is -1.47. The van der Waals surface area contributed by atoms with Crippen LogP contribution in [0.25, 0.3) is 0 Å². The van der Waals surface area contributed by atoms with Crippen LogP contribution in [0.1, 0.15) is 27.7 Å². The lowest BCUT2D eigenvalue weighted by Crippen LogP contribution is -2.62. The number of hydrogen-bond donors (Lipinski definition) is 1. The van der Waals surface area contributed by atoms with Crippen molar-refractivity contribution in [2.24, 2.45) is 0 Å². The van der Waals surface area contributed by atoms with Crippen LogP contribution in [0.15, 0.2) is 0 Å².